The molecular formula is C11H9F2NO. The molecule has 0 spiro atoms. The highest BCUT2D eigenvalue weighted by Crippen LogP contribution is 2.50. The van der Waals surface area contributed by atoms with E-state index in [2.05, 4.69) is 4.99 Å². The predicted octanol–water partition coefficient (Wildman–Crippen LogP) is 2.60. The highest BCUT2D eigenvalue weighted by Gasteiger charge is 2.47. The molecule has 15 heavy (non-hydrogen) atoms. The molecule has 1 saturated carbocycles. The molecule has 1 aromatic rings. The second-order valence-electron chi connectivity index (χ2n) is 3.77. The molecule has 2 nitrogen and oxygen atoms in total. The molecule has 0 radical (unpaired) electrons. The zero-order valence-corrected chi connectivity index (χ0v) is 8.18. The molecule has 0 heterocycles. The van der Waals surface area contributed by atoms with Crippen molar-refractivity contribution in [1.82, 2.24) is 0 Å². The van der Waals surface area contributed by atoms with Crippen molar-refractivity contribution in [2.24, 2.45) is 4.99 Å². The molecule has 0 aromatic heterocycles. The number of halogens is 2. The van der Waals surface area contributed by atoms with Crippen molar-refractivity contribution in [1.29, 1.82) is 0 Å². The Morgan fingerprint density at radius 3 is 2.60 bits per heavy atom. The first kappa shape index (κ1) is 9.99. The van der Waals surface area contributed by atoms with Gasteiger partial charge >= 0.3 is 0 Å². The summed E-state index contributed by atoms with van der Waals surface area (Å²) >= 11 is 0. The zero-order chi connectivity index (χ0) is 11.1. The minimum atomic E-state index is -0.774. The number of carbonyl (C=O) groups excluding carboxylic acids is 1. The molecule has 1 aromatic carbocycles. The number of isocyanates is 1. The van der Waals surface area contributed by atoms with Gasteiger partial charge in [0.25, 0.3) is 0 Å². The molecular weight excluding hydrogens is 200 g/mol. The van der Waals surface area contributed by atoms with E-state index in [0.717, 1.165) is 0 Å². The highest BCUT2D eigenvalue weighted by molar-refractivity contribution is 5.43. The summed E-state index contributed by atoms with van der Waals surface area (Å²) in [6, 6.07) is 2.56. The Bertz CT molecular complexity index is 460. The topological polar surface area (TPSA) is 29.4 Å². The number of rotatable bonds is 2. The van der Waals surface area contributed by atoms with Crippen molar-refractivity contribution in [3.05, 3.63) is 34.9 Å². The van der Waals surface area contributed by atoms with E-state index in [4.69, 9.17) is 0 Å². The van der Waals surface area contributed by atoms with E-state index in [1.54, 1.807) is 0 Å². The molecule has 0 saturated heterocycles. The van der Waals surface area contributed by atoms with Gasteiger partial charge in [0.05, 0.1) is 0 Å². The number of hydrogen-bond donors (Lipinski definition) is 0. The monoisotopic (exact) mass is 209 g/mol. The molecule has 1 aliphatic rings. The van der Waals surface area contributed by atoms with Crippen LogP contribution in [0.3, 0.4) is 0 Å². The van der Waals surface area contributed by atoms with Crippen molar-refractivity contribution in [3.63, 3.8) is 0 Å². The lowest BCUT2D eigenvalue weighted by molar-refractivity contribution is 0.532. The second kappa shape index (κ2) is 3.24. The Kier molecular flexibility index (Phi) is 2.16. The summed E-state index contributed by atoms with van der Waals surface area (Å²) in [5.41, 5.74) is -0.505. The third-order valence-corrected chi connectivity index (χ3v) is 2.80. The average molecular weight is 209 g/mol. The quantitative estimate of drug-likeness (QED) is 0.543. The third kappa shape index (κ3) is 1.47. The molecule has 2 rings (SSSR count). The third-order valence-electron chi connectivity index (χ3n) is 2.80. The standard InChI is InChI=1S/C11H9F2NO/c1-7-9(12)3-2-8(10(7)13)11(4-5-11)14-6-15/h2-3H,4-5H2,1H3. The maximum absolute atomic E-state index is 13.7. The number of aliphatic imine (C=N–C) groups is 1. The van der Waals surface area contributed by atoms with Gasteiger partial charge in [-0.15, -0.1) is 0 Å². The van der Waals surface area contributed by atoms with Crippen molar-refractivity contribution in [2.45, 2.75) is 25.3 Å². The fourth-order valence-corrected chi connectivity index (χ4v) is 1.67. The van der Waals surface area contributed by atoms with Crippen LogP contribution in [0.4, 0.5) is 8.78 Å². The van der Waals surface area contributed by atoms with Gasteiger partial charge in [-0.25, -0.2) is 13.6 Å². The Balaban J connectivity index is 2.55. The van der Waals surface area contributed by atoms with E-state index in [1.807, 2.05) is 0 Å². The number of nitrogens with zero attached hydrogens (tertiary/aromatic N) is 1. The van der Waals surface area contributed by atoms with Crippen molar-refractivity contribution in [3.8, 4) is 0 Å². The van der Waals surface area contributed by atoms with Gasteiger partial charge in [0.15, 0.2) is 0 Å². The summed E-state index contributed by atoms with van der Waals surface area (Å²) in [6.07, 6.45) is 2.68. The van der Waals surface area contributed by atoms with E-state index in [0.29, 0.717) is 18.4 Å². The second-order valence-corrected chi connectivity index (χ2v) is 3.77. The molecule has 0 bridgehead atoms. The van der Waals surface area contributed by atoms with E-state index in [9.17, 15) is 13.6 Å². The van der Waals surface area contributed by atoms with E-state index < -0.39 is 17.2 Å². The molecule has 0 aliphatic heterocycles. The summed E-state index contributed by atoms with van der Waals surface area (Å²) in [5, 5.41) is 0. The fourth-order valence-electron chi connectivity index (χ4n) is 1.67. The Labute approximate surface area is 85.6 Å². The van der Waals surface area contributed by atoms with Crippen LogP contribution in [0.15, 0.2) is 17.1 Å². The van der Waals surface area contributed by atoms with Crippen molar-refractivity contribution in [2.75, 3.05) is 0 Å². The molecule has 0 unspecified atom stereocenters. The largest absolute Gasteiger partial charge is 0.235 e. The lowest BCUT2D eigenvalue weighted by atomic mass is 10.0. The van der Waals surface area contributed by atoms with Crippen molar-refractivity contribution < 1.29 is 13.6 Å². The normalized spacial score (nSPS) is 17.0. The Morgan fingerprint density at radius 2 is 2.07 bits per heavy atom. The van der Waals surface area contributed by atoms with Gasteiger partial charge in [-0.3, -0.25) is 0 Å². The summed E-state index contributed by atoms with van der Waals surface area (Å²) in [5.74, 6) is -1.19. The van der Waals surface area contributed by atoms with Crippen LogP contribution in [0.25, 0.3) is 0 Å². The molecule has 0 amide bonds. The highest BCUT2D eigenvalue weighted by atomic mass is 19.1. The van der Waals surface area contributed by atoms with Crippen LogP contribution in [-0.4, -0.2) is 6.08 Å². The smallest absolute Gasteiger partial charge is 0.211 e. The van der Waals surface area contributed by atoms with E-state index in [1.165, 1.54) is 25.1 Å². The predicted molar refractivity (Wildman–Crippen MR) is 50.1 cm³/mol. The van der Waals surface area contributed by atoms with Crippen LogP contribution >= 0.6 is 0 Å². The fraction of sp³-hybridized carbons (Fsp3) is 0.364. The van der Waals surface area contributed by atoms with Crippen LogP contribution in [0, 0.1) is 18.6 Å². The zero-order valence-electron chi connectivity index (χ0n) is 8.18. The summed E-state index contributed by atoms with van der Waals surface area (Å²) in [4.78, 5) is 13.8. The van der Waals surface area contributed by atoms with Crippen LogP contribution in [0.1, 0.15) is 24.0 Å². The molecule has 78 valence electrons. The maximum atomic E-state index is 13.7. The van der Waals surface area contributed by atoms with E-state index in [-0.39, 0.29) is 5.56 Å². The molecule has 0 N–H and O–H groups in total. The van der Waals surface area contributed by atoms with Gasteiger partial charge < -0.3 is 0 Å². The van der Waals surface area contributed by atoms with Gasteiger partial charge in [0, 0.05) is 11.1 Å². The van der Waals surface area contributed by atoms with Gasteiger partial charge in [-0.2, -0.15) is 4.99 Å². The number of hydrogen-bond acceptors (Lipinski definition) is 2. The van der Waals surface area contributed by atoms with Gasteiger partial charge in [0.1, 0.15) is 17.2 Å². The first-order chi connectivity index (χ1) is 7.10. The molecule has 1 aliphatic carbocycles. The maximum Gasteiger partial charge on any atom is 0.235 e. The van der Waals surface area contributed by atoms with Gasteiger partial charge in [0.2, 0.25) is 6.08 Å². The summed E-state index contributed by atoms with van der Waals surface area (Å²) < 4.78 is 26.7. The van der Waals surface area contributed by atoms with Crippen molar-refractivity contribution >= 4 is 6.08 Å². The lowest BCUT2D eigenvalue weighted by Gasteiger charge is -2.11. The van der Waals surface area contributed by atoms with Crippen LogP contribution in [0.5, 0.6) is 0 Å². The lowest BCUT2D eigenvalue weighted by Crippen LogP contribution is -2.07. The number of benzene rings is 1. The summed E-state index contributed by atoms with van der Waals surface area (Å²) in [7, 11) is 0. The van der Waals surface area contributed by atoms with Gasteiger partial charge in [-0.05, 0) is 25.8 Å². The minimum Gasteiger partial charge on any atom is -0.211 e. The Hall–Kier alpha value is -1.54. The van der Waals surface area contributed by atoms with E-state index >= 15 is 0 Å². The Morgan fingerprint density at radius 1 is 1.40 bits per heavy atom. The molecule has 1 fully saturated rings. The summed E-state index contributed by atoms with van der Waals surface area (Å²) in [6.45, 7) is 1.37. The average Bonchev–Trinajstić information content (AvgIpc) is 2.96. The first-order valence-electron chi connectivity index (χ1n) is 4.65. The van der Waals surface area contributed by atoms with Crippen LogP contribution in [-0.2, 0) is 10.3 Å². The SMILES string of the molecule is Cc1c(F)ccc(C2(N=C=O)CC2)c1F. The molecule has 4 heteroatoms. The minimum absolute atomic E-state index is 0.0279. The first-order valence-corrected chi connectivity index (χ1v) is 4.65. The molecule has 0 atom stereocenters. The van der Waals surface area contributed by atoms with Crippen LogP contribution < -0.4 is 0 Å². The van der Waals surface area contributed by atoms with Crippen LogP contribution in [0.2, 0.25) is 0 Å². The van der Waals surface area contributed by atoms with Gasteiger partial charge in [-0.1, -0.05) is 6.07 Å².